The maximum Gasteiger partial charge on any atom is 0.490 e. The fourth-order valence-electron chi connectivity index (χ4n) is 4.52. The number of rotatable bonds is 10. The van der Waals surface area contributed by atoms with Gasteiger partial charge in [0.1, 0.15) is 6.54 Å². The molecule has 9 nitrogen and oxygen atoms in total. The lowest BCUT2D eigenvalue weighted by Gasteiger charge is -2.23. The van der Waals surface area contributed by atoms with Crippen molar-refractivity contribution >= 4 is 40.2 Å². The molecule has 42 heavy (non-hydrogen) atoms. The van der Waals surface area contributed by atoms with E-state index in [0.717, 1.165) is 47.6 Å². The highest BCUT2D eigenvalue weighted by Crippen LogP contribution is 2.30. The normalized spacial score (nSPS) is 13.3. The van der Waals surface area contributed by atoms with Gasteiger partial charge in [0.15, 0.2) is 0 Å². The molecule has 0 saturated carbocycles. The molecule has 1 heterocycles. The first kappa shape index (κ1) is 32.1. The number of alkyl halides is 3. The molecule has 4 rings (SSSR count). The zero-order valence-corrected chi connectivity index (χ0v) is 22.8. The van der Waals surface area contributed by atoms with Gasteiger partial charge in [0.2, 0.25) is 5.91 Å². The molecule has 224 valence electrons. The molecular formula is C30H32F3N3O6. The van der Waals surface area contributed by atoms with Gasteiger partial charge in [-0.2, -0.15) is 13.2 Å². The Morgan fingerprint density at radius 3 is 2.19 bits per heavy atom. The minimum Gasteiger partial charge on any atom is -0.481 e. The number of nitrogens with two attached hydrogens (primary N) is 1. The van der Waals surface area contributed by atoms with Crippen molar-refractivity contribution in [2.24, 2.45) is 5.73 Å². The van der Waals surface area contributed by atoms with Crippen molar-refractivity contribution in [2.75, 3.05) is 24.5 Å². The number of benzene rings is 3. The Kier molecular flexibility index (Phi) is 11.0. The van der Waals surface area contributed by atoms with Crippen LogP contribution in [0.2, 0.25) is 0 Å². The van der Waals surface area contributed by atoms with Gasteiger partial charge in [-0.3, -0.25) is 14.4 Å². The number of unbranched alkanes of at least 4 members (excludes halogenated alkanes) is 2. The Bertz CT molecular complexity index is 1440. The van der Waals surface area contributed by atoms with E-state index in [1.807, 2.05) is 54.6 Å². The summed E-state index contributed by atoms with van der Waals surface area (Å²) in [6.45, 7) is 0.823. The Morgan fingerprint density at radius 1 is 0.881 bits per heavy atom. The molecule has 0 saturated heterocycles. The molecule has 1 aliphatic heterocycles. The Labute approximate surface area is 240 Å². The van der Waals surface area contributed by atoms with Crippen LogP contribution in [0.3, 0.4) is 0 Å². The zero-order chi connectivity index (χ0) is 30.9. The summed E-state index contributed by atoms with van der Waals surface area (Å²) in [5.41, 5.74) is 8.58. The Balaban J connectivity index is 0.000000616. The van der Waals surface area contributed by atoms with E-state index in [9.17, 15) is 27.6 Å². The predicted molar refractivity (Wildman–Crippen MR) is 150 cm³/mol. The van der Waals surface area contributed by atoms with Crippen LogP contribution in [0.1, 0.15) is 47.2 Å². The average Bonchev–Trinajstić information content (AvgIpc) is 3.04. The highest BCUT2D eigenvalue weighted by Gasteiger charge is 2.38. The van der Waals surface area contributed by atoms with Crippen LogP contribution in [-0.4, -0.2) is 64.7 Å². The van der Waals surface area contributed by atoms with Crippen molar-refractivity contribution in [1.82, 2.24) is 4.90 Å². The van der Waals surface area contributed by atoms with E-state index >= 15 is 0 Å². The molecule has 2 amide bonds. The van der Waals surface area contributed by atoms with Gasteiger partial charge in [0, 0.05) is 6.54 Å². The summed E-state index contributed by atoms with van der Waals surface area (Å²) in [5, 5.41) is 18.5. The minimum atomic E-state index is -5.08. The number of hydrogen-bond donors (Lipinski definition) is 3. The van der Waals surface area contributed by atoms with E-state index in [1.165, 1.54) is 4.90 Å². The highest BCUT2D eigenvalue weighted by atomic mass is 19.4. The number of anilines is 1. The topological polar surface area (TPSA) is 141 Å². The van der Waals surface area contributed by atoms with E-state index in [0.29, 0.717) is 24.3 Å². The fraction of sp³-hybridized carbons (Fsp3) is 0.333. The van der Waals surface area contributed by atoms with Crippen molar-refractivity contribution in [1.29, 1.82) is 0 Å². The molecule has 0 aromatic heterocycles. The average molecular weight is 588 g/mol. The molecule has 0 atom stereocenters. The summed E-state index contributed by atoms with van der Waals surface area (Å²) in [6.07, 6.45) is -1.54. The van der Waals surface area contributed by atoms with Crippen LogP contribution in [0, 0.1) is 0 Å². The molecular weight excluding hydrogens is 555 g/mol. The molecule has 0 aliphatic carbocycles. The number of carboxylic acids is 2. The van der Waals surface area contributed by atoms with Crippen LogP contribution in [0.5, 0.6) is 0 Å². The van der Waals surface area contributed by atoms with E-state index in [-0.39, 0.29) is 31.3 Å². The van der Waals surface area contributed by atoms with Gasteiger partial charge in [0.05, 0.1) is 24.2 Å². The molecule has 1 aliphatic rings. The lowest BCUT2D eigenvalue weighted by molar-refractivity contribution is -0.192. The molecule has 0 spiro atoms. The number of aliphatic carboxylic acids is 2. The summed E-state index contributed by atoms with van der Waals surface area (Å²) in [4.78, 5) is 49.8. The lowest BCUT2D eigenvalue weighted by Crippen LogP contribution is -2.40. The monoisotopic (exact) mass is 587 g/mol. The third-order valence-electron chi connectivity index (χ3n) is 6.66. The molecule has 12 heteroatoms. The first-order valence-corrected chi connectivity index (χ1v) is 13.3. The maximum absolute atomic E-state index is 13.4. The van der Waals surface area contributed by atoms with E-state index in [4.69, 9.17) is 20.7 Å². The van der Waals surface area contributed by atoms with Gasteiger partial charge in [-0.05, 0) is 65.9 Å². The minimum absolute atomic E-state index is 0.0100. The van der Waals surface area contributed by atoms with Crippen LogP contribution in [-0.2, 0) is 27.3 Å². The smallest absolute Gasteiger partial charge is 0.481 e. The van der Waals surface area contributed by atoms with Gasteiger partial charge in [-0.1, -0.05) is 48.9 Å². The van der Waals surface area contributed by atoms with E-state index in [1.54, 1.807) is 4.90 Å². The van der Waals surface area contributed by atoms with Crippen LogP contribution < -0.4 is 10.6 Å². The van der Waals surface area contributed by atoms with Crippen molar-refractivity contribution in [3.8, 4) is 0 Å². The molecule has 0 fully saturated rings. The molecule has 0 radical (unpaired) electrons. The Hall–Kier alpha value is -4.45. The summed E-state index contributed by atoms with van der Waals surface area (Å²) in [5.74, 6) is -4.30. The molecule has 4 N–H and O–H groups in total. The standard InChI is InChI=1S/C28H31N3O4.C2HF3O2/c29-14-5-1-2-6-20-10-12-25-24(17-20)28(35)30(15-13-27(33)34)19-26(32)31(25)18-21-9-11-22-7-3-4-8-23(22)16-21;3-2(4,5)1(6)7/h3-4,7-12,16-17H,1-2,5-6,13-15,18-19,29H2,(H,33,34);(H,6,7). The van der Waals surface area contributed by atoms with Crippen LogP contribution in [0.4, 0.5) is 18.9 Å². The number of aryl methyl sites for hydroxylation is 1. The van der Waals surface area contributed by atoms with Gasteiger partial charge >= 0.3 is 18.1 Å². The summed E-state index contributed by atoms with van der Waals surface area (Å²) < 4.78 is 31.7. The molecule has 3 aromatic rings. The maximum atomic E-state index is 13.4. The third kappa shape index (κ3) is 8.77. The number of halogens is 3. The van der Waals surface area contributed by atoms with Gasteiger partial charge < -0.3 is 25.7 Å². The van der Waals surface area contributed by atoms with Crippen molar-refractivity contribution in [3.05, 3.63) is 77.4 Å². The second-order valence-corrected chi connectivity index (χ2v) is 9.79. The molecule has 3 aromatic carbocycles. The highest BCUT2D eigenvalue weighted by molar-refractivity contribution is 6.09. The van der Waals surface area contributed by atoms with Gasteiger partial charge in [-0.25, -0.2) is 4.79 Å². The third-order valence-corrected chi connectivity index (χ3v) is 6.66. The largest absolute Gasteiger partial charge is 0.490 e. The van der Waals surface area contributed by atoms with E-state index in [2.05, 4.69) is 6.07 Å². The number of fused-ring (bicyclic) bond motifs is 2. The van der Waals surface area contributed by atoms with Crippen molar-refractivity contribution in [2.45, 2.75) is 44.8 Å². The summed E-state index contributed by atoms with van der Waals surface area (Å²) >= 11 is 0. The number of hydrogen-bond acceptors (Lipinski definition) is 5. The zero-order valence-electron chi connectivity index (χ0n) is 22.8. The van der Waals surface area contributed by atoms with E-state index < -0.39 is 18.1 Å². The number of carbonyl (C=O) groups is 4. The predicted octanol–water partition coefficient (Wildman–Crippen LogP) is 4.61. The van der Waals surface area contributed by atoms with Crippen LogP contribution in [0.25, 0.3) is 10.8 Å². The first-order valence-electron chi connectivity index (χ1n) is 13.3. The Morgan fingerprint density at radius 2 is 1.55 bits per heavy atom. The second-order valence-electron chi connectivity index (χ2n) is 9.79. The number of amides is 2. The summed E-state index contributed by atoms with van der Waals surface area (Å²) in [6, 6.07) is 19.8. The second kappa shape index (κ2) is 14.4. The number of carbonyl (C=O) groups excluding carboxylic acids is 2. The SMILES string of the molecule is NCCCCCc1ccc2c(c1)C(=O)N(CCC(=O)O)CC(=O)N2Cc1ccc2ccccc2c1.O=C(O)C(F)(F)F. The lowest BCUT2D eigenvalue weighted by atomic mass is 10.0. The van der Waals surface area contributed by atoms with Gasteiger partial charge in [-0.15, -0.1) is 0 Å². The number of carboxylic acid groups (broad SMARTS) is 2. The summed E-state index contributed by atoms with van der Waals surface area (Å²) in [7, 11) is 0. The first-order chi connectivity index (χ1) is 19.9. The number of nitrogens with zero attached hydrogens (tertiary/aromatic N) is 2. The van der Waals surface area contributed by atoms with Gasteiger partial charge in [0.25, 0.3) is 5.91 Å². The van der Waals surface area contributed by atoms with Crippen LogP contribution in [0.15, 0.2) is 60.7 Å². The van der Waals surface area contributed by atoms with Crippen LogP contribution >= 0.6 is 0 Å². The molecule has 0 unspecified atom stereocenters. The molecule has 0 bridgehead atoms. The van der Waals surface area contributed by atoms with Crippen molar-refractivity contribution < 1.29 is 42.6 Å². The van der Waals surface area contributed by atoms with Crippen molar-refractivity contribution in [3.63, 3.8) is 0 Å². The fourth-order valence-corrected chi connectivity index (χ4v) is 4.52. The quantitative estimate of drug-likeness (QED) is 0.294.